The van der Waals surface area contributed by atoms with Crippen molar-refractivity contribution in [2.24, 2.45) is 0 Å². The average molecular weight is 412 g/mol. The summed E-state index contributed by atoms with van der Waals surface area (Å²) in [6, 6.07) is 12.0. The summed E-state index contributed by atoms with van der Waals surface area (Å²) in [5, 5.41) is 0. The normalized spacial score (nSPS) is 11.6. The van der Waals surface area contributed by atoms with Gasteiger partial charge in [-0.3, -0.25) is 9.12 Å². The molecule has 2 aromatic carbocycles. The summed E-state index contributed by atoms with van der Waals surface area (Å²) >= 11 is 0. The standard InChI is InChI=1S/C20H17FN4O3S/c1-13-19(23-20-22-9-4-10-25(13)20)14-5-3-6-16(11-14)24-29(26,27)18-12-15(21)7-8-17(18)28-2/h3-12,24H,1-2H3. The molecule has 0 aliphatic carbocycles. The van der Waals surface area contributed by atoms with E-state index in [0.717, 1.165) is 23.4 Å². The van der Waals surface area contributed by atoms with Crippen molar-refractivity contribution in [2.75, 3.05) is 11.8 Å². The molecule has 148 valence electrons. The number of anilines is 1. The van der Waals surface area contributed by atoms with Crippen molar-refractivity contribution in [1.29, 1.82) is 0 Å². The molecule has 0 unspecified atom stereocenters. The summed E-state index contributed by atoms with van der Waals surface area (Å²) in [4.78, 5) is 8.47. The Morgan fingerprint density at radius 2 is 1.97 bits per heavy atom. The summed E-state index contributed by atoms with van der Waals surface area (Å²) < 4.78 is 48.6. The van der Waals surface area contributed by atoms with Crippen molar-refractivity contribution in [1.82, 2.24) is 14.4 Å². The Labute approximate surface area is 166 Å². The first kappa shape index (κ1) is 18.9. The fraction of sp³-hybridized carbons (Fsp3) is 0.100. The Hall–Kier alpha value is -3.46. The molecule has 0 atom stereocenters. The molecular formula is C20H17FN4O3S. The van der Waals surface area contributed by atoms with Crippen molar-refractivity contribution in [3.05, 3.63) is 72.4 Å². The van der Waals surface area contributed by atoms with Crippen LogP contribution in [-0.4, -0.2) is 29.9 Å². The van der Waals surface area contributed by atoms with Crippen LogP contribution < -0.4 is 9.46 Å². The highest BCUT2D eigenvalue weighted by Gasteiger charge is 2.21. The van der Waals surface area contributed by atoms with Crippen molar-refractivity contribution in [3.8, 4) is 17.0 Å². The predicted molar refractivity (Wildman–Crippen MR) is 107 cm³/mol. The highest BCUT2D eigenvalue weighted by atomic mass is 32.2. The fourth-order valence-corrected chi connectivity index (χ4v) is 4.31. The Morgan fingerprint density at radius 1 is 1.14 bits per heavy atom. The summed E-state index contributed by atoms with van der Waals surface area (Å²) in [5.41, 5.74) is 2.60. The molecule has 2 heterocycles. The molecule has 0 bridgehead atoms. The van der Waals surface area contributed by atoms with E-state index in [4.69, 9.17) is 4.74 Å². The Morgan fingerprint density at radius 3 is 2.72 bits per heavy atom. The number of halogens is 1. The van der Waals surface area contributed by atoms with Gasteiger partial charge in [0, 0.05) is 29.3 Å². The molecule has 0 spiro atoms. The van der Waals surface area contributed by atoms with E-state index >= 15 is 0 Å². The average Bonchev–Trinajstić information content (AvgIpc) is 3.05. The van der Waals surface area contributed by atoms with E-state index < -0.39 is 15.8 Å². The molecule has 4 rings (SSSR count). The van der Waals surface area contributed by atoms with Gasteiger partial charge in [0.15, 0.2) is 0 Å². The largest absolute Gasteiger partial charge is 0.495 e. The molecule has 0 radical (unpaired) electrons. The molecule has 0 fully saturated rings. The number of benzene rings is 2. The Bertz CT molecular complexity index is 1320. The van der Waals surface area contributed by atoms with E-state index in [2.05, 4.69) is 14.7 Å². The lowest BCUT2D eigenvalue weighted by Crippen LogP contribution is -2.14. The van der Waals surface area contributed by atoms with Crippen LogP contribution >= 0.6 is 0 Å². The van der Waals surface area contributed by atoms with Crippen molar-refractivity contribution >= 4 is 21.5 Å². The van der Waals surface area contributed by atoms with Crippen molar-refractivity contribution < 1.29 is 17.5 Å². The molecule has 7 nitrogen and oxygen atoms in total. The molecule has 0 aliphatic rings. The molecule has 0 aliphatic heterocycles. The van der Waals surface area contributed by atoms with Crippen LogP contribution in [0.5, 0.6) is 5.75 Å². The number of methoxy groups -OCH3 is 1. The zero-order valence-electron chi connectivity index (χ0n) is 15.6. The lowest BCUT2D eigenvalue weighted by Gasteiger charge is -2.12. The van der Waals surface area contributed by atoms with Gasteiger partial charge in [-0.25, -0.2) is 22.8 Å². The van der Waals surface area contributed by atoms with Gasteiger partial charge in [-0.15, -0.1) is 0 Å². The van der Waals surface area contributed by atoms with Gasteiger partial charge in [0.05, 0.1) is 12.8 Å². The first-order chi connectivity index (χ1) is 13.9. The minimum Gasteiger partial charge on any atom is -0.495 e. The molecule has 0 saturated carbocycles. The smallest absolute Gasteiger partial charge is 0.265 e. The number of imidazole rings is 1. The van der Waals surface area contributed by atoms with Crippen LogP contribution in [-0.2, 0) is 10.0 Å². The topological polar surface area (TPSA) is 85.6 Å². The second-order valence-electron chi connectivity index (χ2n) is 6.32. The maximum Gasteiger partial charge on any atom is 0.265 e. The van der Waals surface area contributed by atoms with Gasteiger partial charge in [0.1, 0.15) is 16.5 Å². The van der Waals surface area contributed by atoms with E-state index in [9.17, 15) is 12.8 Å². The van der Waals surface area contributed by atoms with Crippen LogP contribution in [0.2, 0.25) is 0 Å². The highest BCUT2D eigenvalue weighted by Crippen LogP contribution is 2.29. The number of nitrogens with zero attached hydrogens (tertiary/aromatic N) is 3. The van der Waals surface area contributed by atoms with E-state index in [1.807, 2.05) is 29.7 Å². The van der Waals surface area contributed by atoms with Gasteiger partial charge in [-0.1, -0.05) is 12.1 Å². The van der Waals surface area contributed by atoms with E-state index in [1.165, 1.54) is 13.2 Å². The molecule has 0 saturated heterocycles. The first-order valence-corrected chi connectivity index (χ1v) is 10.1. The van der Waals surface area contributed by atoms with Crippen molar-refractivity contribution in [2.45, 2.75) is 11.8 Å². The van der Waals surface area contributed by atoms with Crippen LogP contribution in [0.3, 0.4) is 0 Å². The highest BCUT2D eigenvalue weighted by molar-refractivity contribution is 7.92. The minimum absolute atomic E-state index is 0.0531. The number of ether oxygens (including phenoxy) is 1. The lowest BCUT2D eigenvalue weighted by atomic mass is 10.1. The molecule has 2 aromatic heterocycles. The number of hydrogen-bond acceptors (Lipinski definition) is 5. The maximum absolute atomic E-state index is 13.6. The third-order valence-electron chi connectivity index (χ3n) is 4.45. The number of fused-ring (bicyclic) bond motifs is 1. The predicted octanol–water partition coefficient (Wildman–Crippen LogP) is 3.65. The Kier molecular flexibility index (Phi) is 4.67. The molecule has 0 amide bonds. The first-order valence-electron chi connectivity index (χ1n) is 8.65. The fourth-order valence-electron chi connectivity index (χ4n) is 3.08. The number of aryl methyl sites for hydroxylation is 1. The minimum atomic E-state index is -4.07. The number of rotatable bonds is 5. The van der Waals surface area contributed by atoms with Crippen LogP contribution in [0, 0.1) is 12.7 Å². The summed E-state index contributed by atoms with van der Waals surface area (Å²) in [5.74, 6) is -0.0689. The summed E-state index contributed by atoms with van der Waals surface area (Å²) in [7, 11) is -2.74. The van der Waals surface area contributed by atoms with Crippen LogP contribution in [0.15, 0.2) is 65.8 Å². The van der Waals surface area contributed by atoms with E-state index in [0.29, 0.717) is 17.2 Å². The second-order valence-corrected chi connectivity index (χ2v) is 7.97. The van der Waals surface area contributed by atoms with E-state index in [-0.39, 0.29) is 10.6 Å². The lowest BCUT2D eigenvalue weighted by molar-refractivity contribution is 0.401. The Balaban J connectivity index is 1.73. The molecule has 4 aromatic rings. The monoisotopic (exact) mass is 412 g/mol. The van der Waals surface area contributed by atoms with Gasteiger partial charge >= 0.3 is 0 Å². The summed E-state index contributed by atoms with van der Waals surface area (Å²) in [6.45, 7) is 1.91. The van der Waals surface area contributed by atoms with Gasteiger partial charge in [-0.05, 0) is 43.3 Å². The van der Waals surface area contributed by atoms with Gasteiger partial charge < -0.3 is 4.74 Å². The third-order valence-corrected chi connectivity index (χ3v) is 5.85. The van der Waals surface area contributed by atoms with Gasteiger partial charge in [0.25, 0.3) is 10.0 Å². The van der Waals surface area contributed by atoms with Crippen LogP contribution in [0.1, 0.15) is 5.69 Å². The third kappa shape index (κ3) is 3.52. The molecule has 1 N–H and O–H groups in total. The summed E-state index contributed by atoms with van der Waals surface area (Å²) in [6.07, 6.45) is 3.51. The number of hydrogen-bond donors (Lipinski definition) is 1. The number of sulfonamides is 1. The zero-order valence-corrected chi connectivity index (χ0v) is 16.4. The number of aromatic nitrogens is 3. The van der Waals surface area contributed by atoms with Crippen LogP contribution in [0.25, 0.3) is 17.0 Å². The second kappa shape index (κ2) is 7.17. The zero-order chi connectivity index (χ0) is 20.6. The quantitative estimate of drug-likeness (QED) is 0.541. The molecule has 9 heteroatoms. The van der Waals surface area contributed by atoms with Crippen molar-refractivity contribution in [3.63, 3.8) is 0 Å². The number of nitrogens with one attached hydrogen (secondary N) is 1. The molecule has 29 heavy (non-hydrogen) atoms. The van der Waals surface area contributed by atoms with Crippen LogP contribution in [0.4, 0.5) is 10.1 Å². The SMILES string of the molecule is COc1ccc(F)cc1S(=O)(=O)Nc1cccc(-c2nc3ncccn3c2C)c1. The van der Waals surface area contributed by atoms with E-state index in [1.54, 1.807) is 24.4 Å². The maximum atomic E-state index is 13.6. The van der Waals surface area contributed by atoms with Gasteiger partial charge in [-0.2, -0.15) is 0 Å². The molecular weight excluding hydrogens is 395 g/mol. The van der Waals surface area contributed by atoms with Gasteiger partial charge in [0.2, 0.25) is 5.78 Å².